The van der Waals surface area contributed by atoms with Crippen molar-refractivity contribution in [2.75, 3.05) is 37.9 Å². The number of amides is 2. The van der Waals surface area contributed by atoms with Gasteiger partial charge in [0.1, 0.15) is 18.0 Å². The molecule has 17 heavy (non-hydrogen) atoms. The maximum absolute atomic E-state index is 11.2. The van der Waals surface area contributed by atoms with Crippen LogP contribution in [0.4, 0.5) is 16.4 Å². The summed E-state index contributed by atoms with van der Waals surface area (Å²) in [4.78, 5) is 20.5. The summed E-state index contributed by atoms with van der Waals surface area (Å²) in [6, 6.07) is 1.55. The number of nitrogen functional groups attached to an aromatic ring is 1. The third-order valence-corrected chi connectivity index (χ3v) is 1.93. The van der Waals surface area contributed by atoms with E-state index in [9.17, 15) is 4.79 Å². The predicted molar refractivity (Wildman–Crippen MR) is 65.4 cm³/mol. The second-order valence-corrected chi connectivity index (χ2v) is 3.49. The monoisotopic (exact) mass is 239 g/mol. The molecule has 0 spiro atoms. The molecule has 0 aromatic carbocycles. The summed E-state index contributed by atoms with van der Waals surface area (Å²) in [5.41, 5.74) is 2.42. The number of carbonyl (C=O) groups is 1. The molecule has 0 saturated carbocycles. The molecule has 0 aliphatic carbocycles. The van der Waals surface area contributed by atoms with E-state index in [-0.39, 0.29) is 6.03 Å². The van der Waals surface area contributed by atoms with Crippen molar-refractivity contribution >= 4 is 17.7 Å². The zero-order chi connectivity index (χ0) is 12.7. The van der Waals surface area contributed by atoms with Crippen LogP contribution in [-0.4, -0.2) is 48.1 Å². The highest BCUT2D eigenvalue weighted by atomic mass is 16.2. The fourth-order valence-electron chi connectivity index (χ4n) is 1.05. The highest BCUT2D eigenvalue weighted by Crippen LogP contribution is 2.05. The van der Waals surface area contributed by atoms with Crippen LogP contribution in [0.2, 0.25) is 0 Å². The summed E-state index contributed by atoms with van der Waals surface area (Å²) in [5, 5.41) is 5.76. The Morgan fingerprint density at radius 1 is 1.35 bits per heavy atom. The minimum atomic E-state index is -0.126. The molecule has 0 aliphatic heterocycles. The standard InChI is InChI=1S/C9H17N7O/c1-16(2)9(17)12-4-3-11-7-5-8(15-10)14-6-13-7/h5-6H,3-4,10H2,1-2H3,(H,12,17)(H2,11,13,14,15). The van der Waals surface area contributed by atoms with Gasteiger partial charge >= 0.3 is 6.03 Å². The van der Waals surface area contributed by atoms with Crippen molar-refractivity contribution in [2.24, 2.45) is 5.84 Å². The lowest BCUT2D eigenvalue weighted by atomic mass is 10.5. The maximum Gasteiger partial charge on any atom is 0.316 e. The summed E-state index contributed by atoms with van der Waals surface area (Å²) >= 11 is 0. The van der Waals surface area contributed by atoms with Crippen molar-refractivity contribution in [3.05, 3.63) is 12.4 Å². The molecule has 8 heteroatoms. The van der Waals surface area contributed by atoms with Crippen LogP contribution >= 0.6 is 0 Å². The number of carbonyl (C=O) groups excluding carboxylic acids is 1. The molecule has 5 N–H and O–H groups in total. The van der Waals surface area contributed by atoms with Gasteiger partial charge in [0, 0.05) is 33.3 Å². The molecule has 0 unspecified atom stereocenters. The zero-order valence-electron chi connectivity index (χ0n) is 9.90. The van der Waals surface area contributed by atoms with E-state index in [0.717, 1.165) is 0 Å². The number of aromatic nitrogens is 2. The SMILES string of the molecule is CN(C)C(=O)NCCNc1cc(NN)ncn1. The van der Waals surface area contributed by atoms with E-state index in [0.29, 0.717) is 24.7 Å². The van der Waals surface area contributed by atoms with Crippen molar-refractivity contribution in [3.8, 4) is 0 Å². The number of nitrogens with zero attached hydrogens (tertiary/aromatic N) is 3. The van der Waals surface area contributed by atoms with Crippen LogP contribution < -0.4 is 21.9 Å². The summed E-state index contributed by atoms with van der Waals surface area (Å²) in [6.07, 6.45) is 1.40. The van der Waals surface area contributed by atoms with Crippen LogP contribution in [-0.2, 0) is 0 Å². The second-order valence-electron chi connectivity index (χ2n) is 3.49. The number of nitrogens with two attached hydrogens (primary N) is 1. The average Bonchev–Trinajstić information content (AvgIpc) is 2.34. The molecule has 0 fully saturated rings. The smallest absolute Gasteiger partial charge is 0.316 e. The molecule has 1 aromatic heterocycles. The molecular weight excluding hydrogens is 222 g/mol. The molecule has 1 heterocycles. The Bertz CT molecular complexity index is 368. The quantitative estimate of drug-likeness (QED) is 0.312. The predicted octanol–water partition coefficient (Wildman–Crippen LogP) is -0.555. The first-order valence-corrected chi connectivity index (χ1v) is 5.11. The Labute approximate surface area is 99.6 Å². The summed E-state index contributed by atoms with van der Waals surface area (Å²) in [5.74, 6) is 6.39. The van der Waals surface area contributed by atoms with Gasteiger partial charge in [0.25, 0.3) is 0 Å². The normalized spacial score (nSPS) is 9.59. The van der Waals surface area contributed by atoms with Gasteiger partial charge in [-0.15, -0.1) is 0 Å². The van der Waals surface area contributed by atoms with E-state index >= 15 is 0 Å². The van der Waals surface area contributed by atoms with Crippen LogP contribution in [0, 0.1) is 0 Å². The fourth-order valence-corrected chi connectivity index (χ4v) is 1.05. The molecule has 0 atom stereocenters. The van der Waals surface area contributed by atoms with Gasteiger partial charge in [-0.05, 0) is 0 Å². The highest BCUT2D eigenvalue weighted by Gasteiger charge is 2.01. The summed E-state index contributed by atoms with van der Waals surface area (Å²) in [7, 11) is 3.37. The highest BCUT2D eigenvalue weighted by molar-refractivity contribution is 5.73. The largest absolute Gasteiger partial charge is 0.368 e. The molecule has 8 nitrogen and oxygen atoms in total. The number of hydrazine groups is 1. The number of rotatable bonds is 5. The number of nitrogens with one attached hydrogen (secondary N) is 3. The van der Waals surface area contributed by atoms with Gasteiger partial charge in [-0.3, -0.25) is 0 Å². The lowest BCUT2D eigenvalue weighted by Gasteiger charge is -2.12. The third kappa shape index (κ3) is 4.51. The number of hydrogen-bond donors (Lipinski definition) is 4. The Kier molecular flexibility index (Phi) is 4.95. The average molecular weight is 239 g/mol. The molecular formula is C9H17N7O. The maximum atomic E-state index is 11.2. The topological polar surface area (TPSA) is 108 Å². The fraction of sp³-hybridized carbons (Fsp3) is 0.444. The summed E-state index contributed by atoms with van der Waals surface area (Å²) < 4.78 is 0. The molecule has 0 saturated heterocycles. The third-order valence-electron chi connectivity index (χ3n) is 1.93. The van der Waals surface area contributed by atoms with E-state index in [1.54, 1.807) is 20.2 Å². The molecule has 0 bridgehead atoms. The van der Waals surface area contributed by atoms with Crippen molar-refractivity contribution < 1.29 is 4.79 Å². The first-order valence-electron chi connectivity index (χ1n) is 5.11. The molecule has 0 aliphatic rings. The van der Waals surface area contributed by atoms with Gasteiger partial charge in [0.05, 0.1) is 0 Å². The Morgan fingerprint density at radius 3 is 2.71 bits per heavy atom. The van der Waals surface area contributed by atoms with Gasteiger partial charge in [-0.25, -0.2) is 20.6 Å². The Morgan fingerprint density at radius 2 is 2.06 bits per heavy atom. The van der Waals surface area contributed by atoms with Crippen LogP contribution in [0.1, 0.15) is 0 Å². The number of anilines is 2. The van der Waals surface area contributed by atoms with Crippen LogP contribution in [0.3, 0.4) is 0 Å². The van der Waals surface area contributed by atoms with Gasteiger partial charge in [0.2, 0.25) is 0 Å². The molecule has 1 rings (SSSR count). The summed E-state index contributed by atoms with van der Waals surface area (Å²) in [6.45, 7) is 1.08. The Balaban J connectivity index is 2.28. The van der Waals surface area contributed by atoms with Gasteiger partial charge in [0.15, 0.2) is 0 Å². The molecule has 0 radical (unpaired) electrons. The minimum absolute atomic E-state index is 0.126. The van der Waals surface area contributed by atoms with E-state index in [2.05, 4.69) is 26.0 Å². The van der Waals surface area contributed by atoms with Gasteiger partial charge in [-0.2, -0.15) is 0 Å². The van der Waals surface area contributed by atoms with Gasteiger partial charge < -0.3 is 21.0 Å². The van der Waals surface area contributed by atoms with Crippen LogP contribution in [0.5, 0.6) is 0 Å². The first-order chi connectivity index (χ1) is 8.13. The first kappa shape index (κ1) is 13.0. The number of urea groups is 1. The van der Waals surface area contributed by atoms with Crippen molar-refractivity contribution in [2.45, 2.75) is 0 Å². The van der Waals surface area contributed by atoms with Crippen LogP contribution in [0.25, 0.3) is 0 Å². The van der Waals surface area contributed by atoms with E-state index in [1.807, 2.05) is 0 Å². The Hall–Kier alpha value is -2.09. The molecule has 2 amide bonds. The number of hydrogen-bond acceptors (Lipinski definition) is 6. The van der Waals surface area contributed by atoms with Crippen molar-refractivity contribution in [1.29, 1.82) is 0 Å². The van der Waals surface area contributed by atoms with Crippen molar-refractivity contribution in [3.63, 3.8) is 0 Å². The lowest BCUT2D eigenvalue weighted by molar-refractivity contribution is 0.218. The van der Waals surface area contributed by atoms with Crippen LogP contribution in [0.15, 0.2) is 12.4 Å². The lowest BCUT2D eigenvalue weighted by Crippen LogP contribution is -2.37. The molecule has 1 aromatic rings. The van der Waals surface area contributed by atoms with E-state index < -0.39 is 0 Å². The van der Waals surface area contributed by atoms with E-state index in [4.69, 9.17) is 5.84 Å². The van der Waals surface area contributed by atoms with Crippen molar-refractivity contribution in [1.82, 2.24) is 20.2 Å². The van der Waals surface area contributed by atoms with E-state index in [1.165, 1.54) is 11.2 Å². The molecule has 94 valence electrons. The second kappa shape index (κ2) is 6.48. The van der Waals surface area contributed by atoms with Gasteiger partial charge in [-0.1, -0.05) is 0 Å². The zero-order valence-corrected chi connectivity index (χ0v) is 9.90. The minimum Gasteiger partial charge on any atom is -0.368 e.